The molecule has 0 aliphatic carbocycles. The molecule has 6 heteroatoms. The van der Waals surface area contributed by atoms with Crippen molar-refractivity contribution in [2.75, 3.05) is 52.4 Å². The number of likely N-dealkylation sites (tertiary alicyclic amines) is 1. The number of halogens is 1. The third-order valence-electron chi connectivity index (χ3n) is 5.27. The average Bonchev–Trinajstić information content (AvgIpc) is 2.63. The van der Waals surface area contributed by atoms with Gasteiger partial charge in [-0.3, -0.25) is 9.89 Å². The number of nitrogens with one attached hydrogen (secondary N) is 2. The molecule has 26 heavy (non-hydrogen) atoms. The number of rotatable bonds is 11. The Hall–Kier alpha value is -0.0800. The van der Waals surface area contributed by atoms with E-state index in [-0.39, 0.29) is 29.5 Å². The van der Waals surface area contributed by atoms with Gasteiger partial charge in [0, 0.05) is 18.6 Å². The van der Waals surface area contributed by atoms with Crippen LogP contribution in [-0.2, 0) is 0 Å². The van der Waals surface area contributed by atoms with Crippen molar-refractivity contribution in [3.05, 3.63) is 0 Å². The third-order valence-corrected chi connectivity index (χ3v) is 5.27. The highest BCUT2D eigenvalue weighted by Crippen LogP contribution is 2.20. The Morgan fingerprint density at radius 3 is 2.23 bits per heavy atom. The molecule has 0 radical (unpaired) electrons. The standard InChI is InChI=1S/C20H43N5.HI/c1-6-21-19(22-14-10-13-15-24(7-2)8-3)23-18-20(4,5)25-16-11-9-12-17-25;/h6-18H2,1-5H3,(H2,21,22,23);1H. The van der Waals surface area contributed by atoms with Crippen molar-refractivity contribution in [3.8, 4) is 0 Å². The molecule has 156 valence electrons. The van der Waals surface area contributed by atoms with Crippen molar-refractivity contribution in [3.63, 3.8) is 0 Å². The van der Waals surface area contributed by atoms with Gasteiger partial charge in [-0.25, -0.2) is 0 Å². The van der Waals surface area contributed by atoms with Crippen LogP contribution in [0.3, 0.4) is 0 Å². The van der Waals surface area contributed by atoms with Crippen LogP contribution in [0.4, 0.5) is 0 Å². The lowest BCUT2D eigenvalue weighted by Crippen LogP contribution is -2.49. The number of piperidine rings is 1. The first kappa shape index (κ1) is 25.9. The van der Waals surface area contributed by atoms with Crippen LogP contribution >= 0.6 is 24.0 Å². The van der Waals surface area contributed by atoms with Crippen molar-refractivity contribution in [2.45, 2.75) is 72.3 Å². The van der Waals surface area contributed by atoms with Gasteiger partial charge in [-0.1, -0.05) is 20.3 Å². The fraction of sp³-hybridized carbons (Fsp3) is 0.950. The summed E-state index contributed by atoms with van der Waals surface area (Å²) in [6, 6.07) is 0. The van der Waals surface area contributed by atoms with Crippen LogP contribution in [-0.4, -0.2) is 73.7 Å². The van der Waals surface area contributed by atoms with Crippen LogP contribution in [0.15, 0.2) is 4.99 Å². The molecule has 1 aliphatic rings. The molecule has 0 unspecified atom stereocenters. The molecule has 0 spiro atoms. The van der Waals surface area contributed by atoms with E-state index in [2.05, 4.69) is 55.1 Å². The highest BCUT2D eigenvalue weighted by atomic mass is 127. The smallest absolute Gasteiger partial charge is 0.191 e. The Morgan fingerprint density at radius 1 is 1.00 bits per heavy atom. The van der Waals surface area contributed by atoms with Crippen LogP contribution in [0.2, 0.25) is 0 Å². The van der Waals surface area contributed by atoms with E-state index in [1.807, 2.05) is 0 Å². The SMILES string of the molecule is CCNC(=NCC(C)(C)N1CCCCC1)NCCCCN(CC)CC.I. The van der Waals surface area contributed by atoms with Crippen molar-refractivity contribution in [1.82, 2.24) is 20.4 Å². The summed E-state index contributed by atoms with van der Waals surface area (Å²) in [7, 11) is 0. The van der Waals surface area contributed by atoms with Gasteiger partial charge in [0.15, 0.2) is 5.96 Å². The van der Waals surface area contributed by atoms with Gasteiger partial charge < -0.3 is 15.5 Å². The molecule has 0 amide bonds. The topological polar surface area (TPSA) is 42.9 Å². The first-order valence-corrected chi connectivity index (χ1v) is 10.5. The largest absolute Gasteiger partial charge is 0.357 e. The van der Waals surface area contributed by atoms with E-state index in [9.17, 15) is 0 Å². The summed E-state index contributed by atoms with van der Waals surface area (Å²) >= 11 is 0. The maximum absolute atomic E-state index is 4.87. The summed E-state index contributed by atoms with van der Waals surface area (Å²) in [5, 5.41) is 6.90. The van der Waals surface area contributed by atoms with Gasteiger partial charge in [-0.05, 0) is 79.2 Å². The van der Waals surface area contributed by atoms with Crippen molar-refractivity contribution in [2.24, 2.45) is 4.99 Å². The van der Waals surface area contributed by atoms with E-state index in [1.165, 1.54) is 51.7 Å². The molecule has 1 heterocycles. The van der Waals surface area contributed by atoms with Crippen LogP contribution < -0.4 is 10.6 Å². The monoisotopic (exact) mass is 481 g/mol. The molecular formula is C20H44IN5. The van der Waals surface area contributed by atoms with E-state index in [0.717, 1.165) is 38.7 Å². The molecule has 0 aromatic heterocycles. The average molecular weight is 482 g/mol. The molecule has 5 nitrogen and oxygen atoms in total. The molecule has 0 saturated carbocycles. The zero-order valence-corrected chi connectivity index (χ0v) is 20.3. The summed E-state index contributed by atoms with van der Waals surface area (Å²) < 4.78 is 0. The van der Waals surface area contributed by atoms with Crippen molar-refractivity contribution >= 4 is 29.9 Å². The maximum atomic E-state index is 4.87. The maximum Gasteiger partial charge on any atom is 0.191 e. The lowest BCUT2D eigenvalue weighted by Gasteiger charge is -2.40. The van der Waals surface area contributed by atoms with Gasteiger partial charge in [-0.15, -0.1) is 24.0 Å². The molecule has 1 saturated heterocycles. The van der Waals surface area contributed by atoms with E-state index in [4.69, 9.17) is 4.99 Å². The Bertz CT molecular complexity index is 363. The fourth-order valence-corrected chi connectivity index (χ4v) is 3.42. The Kier molecular flexibility index (Phi) is 14.9. The van der Waals surface area contributed by atoms with E-state index in [1.54, 1.807) is 0 Å². The van der Waals surface area contributed by atoms with E-state index in [0.29, 0.717) is 0 Å². The summed E-state index contributed by atoms with van der Waals surface area (Å²) in [4.78, 5) is 9.96. The quantitative estimate of drug-likeness (QED) is 0.205. The first-order valence-electron chi connectivity index (χ1n) is 10.5. The number of unbranched alkanes of at least 4 members (excludes halogenated alkanes) is 1. The normalized spacial score (nSPS) is 16.5. The number of hydrogen-bond donors (Lipinski definition) is 2. The fourth-order valence-electron chi connectivity index (χ4n) is 3.42. The predicted molar refractivity (Wildman–Crippen MR) is 126 cm³/mol. The number of aliphatic imine (C=N–C) groups is 1. The van der Waals surface area contributed by atoms with Gasteiger partial charge in [-0.2, -0.15) is 0 Å². The molecule has 0 aromatic rings. The predicted octanol–water partition coefficient (Wildman–Crippen LogP) is 3.55. The van der Waals surface area contributed by atoms with Gasteiger partial charge >= 0.3 is 0 Å². The van der Waals surface area contributed by atoms with Gasteiger partial charge in [0.05, 0.1) is 6.54 Å². The molecule has 0 bridgehead atoms. The lowest BCUT2D eigenvalue weighted by atomic mass is 9.99. The molecule has 1 fully saturated rings. The summed E-state index contributed by atoms with van der Waals surface area (Å²) in [6.07, 6.45) is 6.48. The van der Waals surface area contributed by atoms with Gasteiger partial charge in [0.2, 0.25) is 0 Å². The highest BCUT2D eigenvalue weighted by molar-refractivity contribution is 14.0. The molecule has 1 rings (SSSR count). The van der Waals surface area contributed by atoms with E-state index >= 15 is 0 Å². The Balaban J connectivity index is 0.00000625. The zero-order valence-electron chi connectivity index (χ0n) is 17.9. The zero-order chi connectivity index (χ0) is 18.5. The van der Waals surface area contributed by atoms with Crippen LogP contribution in [0.1, 0.15) is 66.7 Å². The van der Waals surface area contributed by atoms with Gasteiger partial charge in [0.25, 0.3) is 0 Å². The Labute approximate surface area is 179 Å². The number of hydrogen-bond acceptors (Lipinski definition) is 3. The Morgan fingerprint density at radius 2 is 1.65 bits per heavy atom. The third kappa shape index (κ3) is 10.3. The van der Waals surface area contributed by atoms with Crippen LogP contribution in [0.5, 0.6) is 0 Å². The van der Waals surface area contributed by atoms with Crippen molar-refractivity contribution < 1.29 is 0 Å². The minimum Gasteiger partial charge on any atom is -0.357 e. The first-order chi connectivity index (χ1) is 12.0. The van der Waals surface area contributed by atoms with Crippen LogP contribution in [0.25, 0.3) is 0 Å². The summed E-state index contributed by atoms with van der Waals surface area (Å²) in [6.45, 7) is 20.0. The number of guanidine groups is 1. The minimum absolute atomic E-state index is 0. The van der Waals surface area contributed by atoms with E-state index < -0.39 is 0 Å². The summed E-state index contributed by atoms with van der Waals surface area (Å²) in [5.41, 5.74) is 0.144. The van der Waals surface area contributed by atoms with Crippen LogP contribution in [0, 0.1) is 0 Å². The molecule has 2 N–H and O–H groups in total. The minimum atomic E-state index is 0. The van der Waals surface area contributed by atoms with Gasteiger partial charge in [0.1, 0.15) is 0 Å². The van der Waals surface area contributed by atoms with Crippen molar-refractivity contribution in [1.29, 1.82) is 0 Å². The molecule has 0 atom stereocenters. The lowest BCUT2D eigenvalue weighted by molar-refractivity contribution is 0.102. The second-order valence-corrected chi connectivity index (χ2v) is 7.72. The summed E-state index contributed by atoms with van der Waals surface area (Å²) in [5.74, 6) is 0.968. The second kappa shape index (κ2) is 14.9. The molecule has 0 aromatic carbocycles. The number of nitrogens with zero attached hydrogens (tertiary/aromatic N) is 3. The second-order valence-electron chi connectivity index (χ2n) is 7.72. The highest BCUT2D eigenvalue weighted by Gasteiger charge is 2.27. The molecular weight excluding hydrogens is 437 g/mol. The molecule has 1 aliphatic heterocycles.